The van der Waals surface area contributed by atoms with Gasteiger partial charge in [-0.2, -0.15) is 0 Å². The quantitative estimate of drug-likeness (QED) is 0.602. The van der Waals surface area contributed by atoms with Crippen LogP contribution in [0.3, 0.4) is 0 Å². The zero-order valence-electron chi connectivity index (χ0n) is 9.10. The number of aryl methyl sites for hydroxylation is 2. The molecule has 3 heteroatoms. The Kier molecular flexibility index (Phi) is 3.66. The molecule has 0 radical (unpaired) electrons. The van der Waals surface area contributed by atoms with Crippen LogP contribution in [-0.4, -0.2) is 10.4 Å². The third-order valence-electron chi connectivity index (χ3n) is 2.26. The van der Waals surface area contributed by atoms with Crippen LogP contribution in [0.25, 0.3) is 0 Å². The summed E-state index contributed by atoms with van der Waals surface area (Å²) in [4.78, 5) is 11.8. The van der Waals surface area contributed by atoms with E-state index in [1.54, 1.807) is 19.1 Å². The highest BCUT2D eigenvalue weighted by molar-refractivity contribution is 9.10. The summed E-state index contributed by atoms with van der Waals surface area (Å²) in [6, 6.07) is 5.37. The fourth-order valence-corrected chi connectivity index (χ4v) is 1.71. The lowest BCUT2D eigenvalue weighted by Gasteiger charge is -2.15. The molecule has 0 saturated heterocycles. The summed E-state index contributed by atoms with van der Waals surface area (Å²) in [5.41, 5.74) is 2.37. The van der Waals surface area contributed by atoms with E-state index >= 15 is 0 Å². The maximum atomic E-state index is 13.7. The normalized spacial score (nSPS) is 14.7. The SMILES string of the molecule is CCC(F)(Br)C(=O)c1cc(C)cc(C)c1. The van der Waals surface area contributed by atoms with Crippen molar-refractivity contribution < 1.29 is 9.18 Å². The van der Waals surface area contributed by atoms with Gasteiger partial charge in [0.25, 0.3) is 0 Å². The van der Waals surface area contributed by atoms with Crippen LogP contribution in [0.2, 0.25) is 0 Å². The van der Waals surface area contributed by atoms with Crippen LogP contribution in [0.4, 0.5) is 4.39 Å². The lowest BCUT2D eigenvalue weighted by atomic mass is 10.0. The highest BCUT2D eigenvalue weighted by Gasteiger charge is 2.33. The standard InChI is InChI=1S/C12H14BrFO/c1-4-12(13,14)11(15)10-6-8(2)5-9(3)7-10/h5-7H,4H2,1-3H3. The van der Waals surface area contributed by atoms with E-state index in [1.165, 1.54) is 0 Å². The number of benzene rings is 1. The van der Waals surface area contributed by atoms with Crippen molar-refractivity contribution in [3.63, 3.8) is 0 Å². The average molecular weight is 273 g/mol. The molecule has 1 unspecified atom stereocenters. The van der Waals surface area contributed by atoms with Crippen molar-refractivity contribution >= 4 is 21.7 Å². The first-order chi connectivity index (χ1) is 6.86. The monoisotopic (exact) mass is 272 g/mol. The van der Waals surface area contributed by atoms with Gasteiger partial charge in [0.1, 0.15) is 0 Å². The van der Waals surface area contributed by atoms with E-state index in [9.17, 15) is 9.18 Å². The van der Waals surface area contributed by atoms with Crippen molar-refractivity contribution in [2.75, 3.05) is 0 Å². The van der Waals surface area contributed by atoms with E-state index in [4.69, 9.17) is 0 Å². The second-order valence-electron chi connectivity index (χ2n) is 3.76. The molecule has 82 valence electrons. The van der Waals surface area contributed by atoms with Crippen molar-refractivity contribution in [2.24, 2.45) is 0 Å². The van der Waals surface area contributed by atoms with E-state index < -0.39 is 10.4 Å². The molecule has 1 rings (SSSR count). The molecule has 0 heterocycles. The molecule has 0 aliphatic heterocycles. The van der Waals surface area contributed by atoms with Crippen LogP contribution < -0.4 is 0 Å². The molecule has 0 amide bonds. The highest BCUT2D eigenvalue weighted by Crippen LogP contribution is 2.29. The van der Waals surface area contributed by atoms with Crippen molar-refractivity contribution in [2.45, 2.75) is 31.8 Å². The third kappa shape index (κ3) is 2.88. The van der Waals surface area contributed by atoms with Gasteiger partial charge in [-0.05, 0) is 48.3 Å². The minimum atomic E-state index is -1.94. The molecular formula is C12H14BrFO. The van der Waals surface area contributed by atoms with Crippen LogP contribution in [0, 0.1) is 13.8 Å². The molecule has 0 aromatic heterocycles. The predicted octanol–water partition coefficient (Wildman–Crippen LogP) is 3.96. The molecule has 0 aliphatic carbocycles. The van der Waals surface area contributed by atoms with Crippen molar-refractivity contribution in [3.05, 3.63) is 34.9 Å². The first kappa shape index (κ1) is 12.4. The van der Waals surface area contributed by atoms with Gasteiger partial charge in [-0.25, -0.2) is 4.39 Å². The number of carbonyl (C=O) groups is 1. The molecule has 0 saturated carbocycles. The van der Waals surface area contributed by atoms with Gasteiger partial charge in [0.05, 0.1) is 0 Å². The molecule has 15 heavy (non-hydrogen) atoms. The first-order valence-electron chi connectivity index (χ1n) is 4.87. The Bertz CT molecular complexity index is 365. The smallest absolute Gasteiger partial charge is 0.226 e. The molecule has 0 spiro atoms. The first-order valence-corrected chi connectivity index (χ1v) is 5.67. The van der Waals surface area contributed by atoms with Crippen molar-refractivity contribution in [3.8, 4) is 0 Å². The molecule has 0 N–H and O–H groups in total. The molecule has 1 aromatic carbocycles. The number of hydrogen-bond donors (Lipinski definition) is 0. The largest absolute Gasteiger partial charge is 0.290 e. The fourth-order valence-electron chi connectivity index (χ4n) is 1.48. The van der Waals surface area contributed by atoms with Gasteiger partial charge in [-0.1, -0.05) is 24.1 Å². The van der Waals surface area contributed by atoms with Gasteiger partial charge in [0, 0.05) is 5.56 Å². The lowest BCUT2D eigenvalue weighted by molar-refractivity contribution is 0.0843. The number of halogens is 2. The topological polar surface area (TPSA) is 17.1 Å². The summed E-state index contributed by atoms with van der Waals surface area (Å²) < 4.78 is 11.8. The van der Waals surface area contributed by atoms with Crippen molar-refractivity contribution in [1.82, 2.24) is 0 Å². The summed E-state index contributed by atoms with van der Waals surface area (Å²) in [5, 5.41) is 0. The number of Topliss-reactive ketones (excluding diaryl/α,β-unsaturated/α-hetero) is 1. The molecule has 0 aliphatic rings. The van der Waals surface area contributed by atoms with Crippen LogP contribution >= 0.6 is 15.9 Å². The van der Waals surface area contributed by atoms with E-state index in [-0.39, 0.29) is 6.42 Å². The van der Waals surface area contributed by atoms with E-state index in [2.05, 4.69) is 15.9 Å². The van der Waals surface area contributed by atoms with Crippen LogP contribution in [0.5, 0.6) is 0 Å². The zero-order chi connectivity index (χ0) is 11.6. The Morgan fingerprint density at radius 1 is 1.33 bits per heavy atom. The van der Waals surface area contributed by atoms with Gasteiger partial charge in [0.2, 0.25) is 10.4 Å². The second-order valence-corrected chi connectivity index (χ2v) is 5.02. The number of alkyl halides is 2. The Labute approximate surface area is 97.8 Å². The Morgan fingerprint density at radius 3 is 2.20 bits per heavy atom. The summed E-state index contributed by atoms with van der Waals surface area (Å²) in [6.45, 7) is 5.42. The molecule has 0 bridgehead atoms. The van der Waals surface area contributed by atoms with Crippen LogP contribution in [-0.2, 0) is 0 Å². The summed E-state index contributed by atoms with van der Waals surface area (Å²) in [6.07, 6.45) is 0.124. The Balaban J connectivity index is 3.12. The number of hydrogen-bond acceptors (Lipinski definition) is 1. The number of rotatable bonds is 3. The maximum absolute atomic E-state index is 13.7. The van der Waals surface area contributed by atoms with Gasteiger partial charge < -0.3 is 0 Å². The molecular weight excluding hydrogens is 259 g/mol. The van der Waals surface area contributed by atoms with Gasteiger partial charge in [0.15, 0.2) is 0 Å². The van der Waals surface area contributed by atoms with E-state index in [0.29, 0.717) is 5.56 Å². The number of carbonyl (C=O) groups excluding carboxylic acids is 1. The van der Waals surface area contributed by atoms with E-state index in [1.807, 2.05) is 19.9 Å². The fraction of sp³-hybridized carbons (Fsp3) is 0.417. The van der Waals surface area contributed by atoms with Crippen LogP contribution in [0.1, 0.15) is 34.8 Å². The Hall–Kier alpha value is -0.700. The molecule has 1 aromatic rings. The van der Waals surface area contributed by atoms with Gasteiger partial charge in [-0.15, -0.1) is 0 Å². The van der Waals surface area contributed by atoms with Gasteiger partial charge >= 0.3 is 0 Å². The summed E-state index contributed by atoms with van der Waals surface area (Å²) in [7, 11) is 0. The predicted molar refractivity (Wildman–Crippen MR) is 63.3 cm³/mol. The minimum absolute atomic E-state index is 0.124. The van der Waals surface area contributed by atoms with Crippen molar-refractivity contribution in [1.29, 1.82) is 0 Å². The van der Waals surface area contributed by atoms with E-state index in [0.717, 1.165) is 11.1 Å². The summed E-state index contributed by atoms with van der Waals surface area (Å²) >= 11 is 2.82. The zero-order valence-corrected chi connectivity index (χ0v) is 10.7. The van der Waals surface area contributed by atoms with Gasteiger partial charge in [-0.3, -0.25) is 4.79 Å². The molecule has 1 atom stereocenters. The number of ketones is 1. The highest BCUT2D eigenvalue weighted by atomic mass is 79.9. The summed E-state index contributed by atoms with van der Waals surface area (Å²) in [5.74, 6) is -0.503. The minimum Gasteiger partial charge on any atom is -0.290 e. The van der Waals surface area contributed by atoms with Crippen LogP contribution in [0.15, 0.2) is 18.2 Å². The second kappa shape index (κ2) is 4.44. The third-order valence-corrected chi connectivity index (χ3v) is 3.18. The molecule has 0 fully saturated rings. The maximum Gasteiger partial charge on any atom is 0.226 e. The lowest BCUT2D eigenvalue weighted by Crippen LogP contribution is -2.25. The molecule has 1 nitrogen and oxygen atoms in total. The Morgan fingerprint density at radius 2 is 1.80 bits per heavy atom. The average Bonchev–Trinajstić information content (AvgIpc) is 2.15.